The average molecular weight is 225 g/mol. The molecule has 1 aromatic rings. The van der Waals surface area contributed by atoms with Crippen LogP contribution in [0.3, 0.4) is 0 Å². The Hall–Kier alpha value is -0.990. The monoisotopic (exact) mass is 225 g/mol. The van der Waals surface area contributed by atoms with Gasteiger partial charge in [-0.05, 0) is 12.8 Å². The fourth-order valence-corrected chi connectivity index (χ4v) is 1.89. The van der Waals surface area contributed by atoms with Crippen LogP contribution in [0.1, 0.15) is 63.9 Å². The molecular weight excluding hydrogens is 202 g/mol. The molecule has 0 saturated heterocycles. The van der Waals surface area contributed by atoms with Crippen LogP contribution in [0.25, 0.3) is 0 Å². The van der Waals surface area contributed by atoms with Gasteiger partial charge in [0.1, 0.15) is 6.26 Å². The summed E-state index contributed by atoms with van der Waals surface area (Å²) in [4.78, 5) is 11.1. The van der Waals surface area contributed by atoms with Gasteiger partial charge < -0.3 is 4.52 Å². The minimum Gasteiger partial charge on any atom is -0.387 e. The zero-order valence-corrected chi connectivity index (χ0v) is 10.3. The summed E-state index contributed by atoms with van der Waals surface area (Å²) in [5, 5.41) is 2.31. The summed E-state index contributed by atoms with van der Waals surface area (Å²) in [5.41, 5.74) is 0.717. The summed E-state index contributed by atoms with van der Waals surface area (Å²) in [7, 11) is 0. The molecule has 0 aliphatic carbocycles. The molecule has 0 aliphatic rings. The molecular formula is C13H23NO2. The predicted octanol–water partition coefficient (Wildman–Crippen LogP) is 3.65. The zero-order chi connectivity index (χ0) is 11.6. The molecule has 0 spiro atoms. The molecule has 1 heterocycles. The molecule has 92 valence electrons. The normalized spacial score (nSPS) is 10.8. The summed E-state index contributed by atoms with van der Waals surface area (Å²) in [6.45, 7) is 2.24. The number of nitrogens with one attached hydrogen (secondary N) is 1. The smallest absolute Gasteiger partial charge is 0.283 e. The van der Waals surface area contributed by atoms with Crippen LogP contribution in [0.2, 0.25) is 0 Å². The van der Waals surface area contributed by atoms with Gasteiger partial charge in [0.05, 0.1) is 5.56 Å². The molecule has 1 aromatic heterocycles. The Morgan fingerprint density at radius 1 is 1.06 bits per heavy atom. The van der Waals surface area contributed by atoms with Gasteiger partial charge in [-0.1, -0.05) is 51.9 Å². The fraction of sp³-hybridized carbons (Fsp3) is 0.769. The third kappa shape index (κ3) is 5.19. The van der Waals surface area contributed by atoms with Gasteiger partial charge in [0, 0.05) is 0 Å². The molecule has 0 saturated carbocycles. The van der Waals surface area contributed by atoms with E-state index in [1.54, 1.807) is 0 Å². The van der Waals surface area contributed by atoms with Crippen molar-refractivity contribution in [2.24, 2.45) is 0 Å². The van der Waals surface area contributed by atoms with Crippen LogP contribution in [-0.2, 0) is 6.42 Å². The Bertz CT molecular complexity index is 314. The topological polar surface area (TPSA) is 46.0 Å². The van der Waals surface area contributed by atoms with E-state index in [2.05, 4.69) is 12.1 Å². The number of H-pyrrole nitrogens is 1. The Kier molecular flexibility index (Phi) is 6.70. The van der Waals surface area contributed by atoms with Gasteiger partial charge >= 0.3 is 0 Å². The van der Waals surface area contributed by atoms with Gasteiger partial charge in [-0.25, -0.2) is 0 Å². The number of aryl methyl sites for hydroxylation is 1. The second-order valence-electron chi connectivity index (χ2n) is 4.42. The number of aromatic amines is 1. The van der Waals surface area contributed by atoms with Crippen LogP contribution in [0.5, 0.6) is 0 Å². The van der Waals surface area contributed by atoms with Crippen LogP contribution in [0.15, 0.2) is 15.6 Å². The van der Waals surface area contributed by atoms with Gasteiger partial charge in [-0.3, -0.25) is 4.79 Å². The van der Waals surface area contributed by atoms with E-state index in [9.17, 15) is 4.79 Å². The standard InChI is InChI=1S/C13H23NO2/c1-2-3-4-5-6-7-8-9-10-12-11-16-14-13(12)15/h11H,2-10H2,1H3,(H,14,15). The quantitative estimate of drug-likeness (QED) is 0.652. The molecule has 0 amide bonds. The third-order valence-corrected chi connectivity index (χ3v) is 2.94. The van der Waals surface area contributed by atoms with E-state index in [0.717, 1.165) is 18.4 Å². The highest BCUT2D eigenvalue weighted by molar-refractivity contribution is 5.00. The Balaban J connectivity index is 1.93. The number of hydrogen-bond acceptors (Lipinski definition) is 2. The lowest BCUT2D eigenvalue weighted by atomic mass is 10.1. The van der Waals surface area contributed by atoms with E-state index in [0.29, 0.717) is 0 Å². The van der Waals surface area contributed by atoms with E-state index < -0.39 is 0 Å². The number of rotatable bonds is 9. The largest absolute Gasteiger partial charge is 0.387 e. The second-order valence-corrected chi connectivity index (χ2v) is 4.42. The lowest BCUT2D eigenvalue weighted by Crippen LogP contribution is -2.04. The van der Waals surface area contributed by atoms with Crippen molar-refractivity contribution in [2.45, 2.75) is 64.7 Å². The summed E-state index contributed by atoms with van der Waals surface area (Å²) < 4.78 is 4.73. The molecule has 3 heteroatoms. The average Bonchev–Trinajstić information content (AvgIpc) is 2.68. The zero-order valence-electron chi connectivity index (χ0n) is 10.3. The first kappa shape index (κ1) is 13.1. The first-order valence-electron chi connectivity index (χ1n) is 6.49. The summed E-state index contributed by atoms with van der Waals surface area (Å²) in [6.07, 6.45) is 12.7. The number of hydrogen-bond donors (Lipinski definition) is 1. The lowest BCUT2D eigenvalue weighted by molar-refractivity contribution is 0.413. The number of aromatic nitrogens is 1. The van der Waals surface area contributed by atoms with Crippen molar-refractivity contribution in [1.29, 1.82) is 0 Å². The fourth-order valence-electron chi connectivity index (χ4n) is 1.89. The maximum atomic E-state index is 11.1. The van der Waals surface area contributed by atoms with Gasteiger partial charge in [0.25, 0.3) is 5.56 Å². The highest BCUT2D eigenvalue weighted by Crippen LogP contribution is 2.09. The molecule has 0 aliphatic heterocycles. The van der Waals surface area contributed by atoms with Crippen LogP contribution >= 0.6 is 0 Å². The first-order valence-corrected chi connectivity index (χ1v) is 6.49. The molecule has 0 radical (unpaired) electrons. The Morgan fingerprint density at radius 3 is 2.25 bits per heavy atom. The summed E-state index contributed by atoms with van der Waals surface area (Å²) >= 11 is 0. The SMILES string of the molecule is CCCCCCCCCCc1co[nH]c1=O. The van der Waals surface area contributed by atoms with Crippen molar-refractivity contribution in [3.05, 3.63) is 22.2 Å². The van der Waals surface area contributed by atoms with Crippen molar-refractivity contribution >= 4 is 0 Å². The van der Waals surface area contributed by atoms with Crippen molar-refractivity contribution < 1.29 is 4.52 Å². The molecule has 3 nitrogen and oxygen atoms in total. The van der Waals surface area contributed by atoms with Crippen LogP contribution < -0.4 is 5.56 Å². The predicted molar refractivity (Wildman–Crippen MR) is 65.6 cm³/mol. The van der Waals surface area contributed by atoms with Gasteiger partial charge in [-0.15, -0.1) is 0 Å². The maximum absolute atomic E-state index is 11.1. The van der Waals surface area contributed by atoms with E-state index in [4.69, 9.17) is 4.52 Å². The molecule has 0 aromatic carbocycles. The molecule has 16 heavy (non-hydrogen) atoms. The maximum Gasteiger partial charge on any atom is 0.283 e. The molecule has 0 fully saturated rings. The molecule has 0 unspecified atom stereocenters. The van der Waals surface area contributed by atoms with Crippen LogP contribution in [0, 0.1) is 0 Å². The minimum atomic E-state index is -0.0667. The highest BCUT2D eigenvalue weighted by Gasteiger charge is 2.00. The molecule has 0 atom stereocenters. The Morgan fingerprint density at radius 2 is 1.69 bits per heavy atom. The van der Waals surface area contributed by atoms with E-state index in [1.165, 1.54) is 51.2 Å². The summed E-state index contributed by atoms with van der Waals surface area (Å²) in [6, 6.07) is 0. The van der Waals surface area contributed by atoms with E-state index in [1.807, 2.05) is 0 Å². The molecule has 1 N–H and O–H groups in total. The van der Waals surface area contributed by atoms with Crippen molar-refractivity contribution in [1.82, 2.24) is 5.16 Å². The summed E-state index contributed by atoms with van der Waals surface area (Å²) in [5.74, 6) is 0. The second kappa shape index (κ2) is 8.20. The van der Waals surface area contributed by atoms with Crippen molar-refractivity contribution in [3.63, 3.8) is 0 Å². The van der Waals surface area contributed by atoms with Crippen LogP contribution in [0.4, 0.5) is 0 Å². The van der Waals surface area contributed by atoms with E-state index in [-0.39, 0.29) is 5.56 Å². The van der Waals surface area contributed by atoms with E-state index >= 15 is 0 Å². The van der Waals surface area contributed by atoms with Crippen molar-refractivity contribution in [3.8, 4) is 0 Å². The lowest BCUT2D eigenvalue weighted by Gasteiger charge is -2.00. The minimum absolute atomic E-state index is 0.0667. The van der Waals surface area contributed by atoms with Crippen molar-refractivity contribution in [2.75, 3.05) is 0 Å². The Labute approximate surface area is 97.2 Å². The van der Waals surface area contributed by atoms with Crippen LogP contribution in [-0.4, -0.2) is 5.16 Å². The first-order chi connectivity index (χ1) is 7.84. The molecule has 1 rings (SSSR count). The molecule has 0 bridgehead atoms. The third-order valence-electron chi connectivity index (χ3n) is 2.94. The van der Waals surface area contributed by atoms with Gasteiger partial charge in [-0.2, -0.15) is 5.16 Å². The highest BCUT2D eigenvalue weighted by atomic mass is 16.5. The van der Waals surface area contributed by atoms with Gasteiger partial charge in [0.2, 0.25) is 0 Å². The number of unbranched alkanes of at least 4 members (excludes halogenated alkanes) is 7. The van der Waals surface area contributed by atoms with Gasteiger partial charge in [0.15, 0.2) is 0 Å².